The van der Waals surface area contributed by atoms with E-state index >= 15 is 0 Å². The number of aryl methyl sites for hydroxylation is 1. The van der Waals surface area contributed by atoms with Crippen LogP contribution in [-0.2, 0) is 11.3 Å². The van der Waals surface area contributed by atoms with E-state index in [1.807, 2.05) is 13.0 Å². The SMILES string of the molecule is Cc1cc(CNC(=O)C2CNC2)no1. The average molecular weight is 195 g/mol. The normalized spacial score (nSPS) is 16.4. The van der Waals surface area contributed by atoms with Crippen molar-refractivity contribution in [2.45, 2.75) is 13.5 Å². The molecule has 76 valence electrons. The van der Waals surface area contributed by atoms with Crippen LogP contribution >= 0.6 is 0 Å². The first-order chi connectivity index (χ1) is 6.75. The van der Waals surface area contributed by atoms with Crippen LogP contribution in [0.4, 0.5) is 0 Å². The molecule has 1 amide bonds. The number of nitrogens with zero attached hydrogens (tertiary/aromatic N) is 1. The van der Waals surface area contributed by atoms with Crippen molar-refractivity contribution in [2.24, 2.45) is 5.92 Å². The summed E-state index contributed by atoms with van der Waals surface area (Å²) in [5.41, 5.74) is 0.767. The zero-order chi connectivity index (χ0) is 9.97. The Morgan fingerprint density at radius 3 is 3.07 bits per heavy atom. The molecular formula is C9H13N3O2. The molecule has 1 aliphatic rings. The van der Waals surface area contributed by atoms with Crippen molar-refractivity contribution in [3.63, 3.8) is 0 Å². The highest BCUT2D eigenvalue weighted by molar-refractivity contribution is 5.79. The van der Waals surface area contributed by atoms with Gasteiger partial charge in [0.15, 0.2) is 0 Å². The van der Waals surface area contributed by atoms with Gasteiger partial charge < -0.3 is 15.2 Å². The third-order valence-corrected chi connectivity index (χ3v) is 2.27. The number of aromatic nitrogens is 1. The maximum absolute atomic E-state index is 11.4. The van der Waals surface area contributed by atoms with Gasteiger partial charge in [0, 0.05) is 19.2 Å². The minimum absolute atomic E-state index is 0.0874. The number of carbonyl (C=O) groups excluding carboxylic acids is 1. The van der Waals surface area contributed by atoms with Crippen LogP contribution in [0, 0.1) is 12.8 Å². The van der Waals surface area contributed by atoms with Crippen molar-refractivity contribution in [3.8, 4) is 0 Å². The molecular weight excluding hydrogens is 182 g/mol. The Labute approximate surface area is 81.8 Å². The summed E-state index contributed by atoms with van der Waals surface area (Å²) in [6.45, 7) is 3.84. The monoisotopic (exact) mass is 195 g/mol. The van der Waals surface area contributed by atoms with E-state index in [0.717, 1.165) is 24.5 Å². The summed E-state index contributed by atoms with van der Waals surface area (Å²) < 4.78 is 4.88. The fraction of sp³-hybridized carbons (Fsp3) is 0.556. The van der Waals surface area contributed by atoms with Gasteiger partial charge in [-0.2, -0.15) is 0 Å². The van der Waals surface area contributed by atoms with E-state index < -0.39 is 0 Å². The molecule has 0 spiro atoms. The molecule has 0 radical (unpaired) electrons. The van der Waals surface area contributed by atoms with E-state index in [1.54, 1.807) is 0 Å². The first kappa shape index (κ1) is 9.21. The zero-order valence-electron chi connectivity index (χ0n) is 8.04. The average Bonchev–Trinajstić information content (AvgIpc) is 2.45. The maximum Gasteiger partial charge on any atom is 0.226 e. The van der Waals surface area contributed by atoms with Crippen molar-refractivity contribution >= 4 is 5.91 Å². The molecule has 0 atom stereocenters. The van der Waals surface area contributed by atoms with E-state index in [2.05, 4.69) is 15.8 Å². The molecule has 5 heteroatoms. The number of amides is 1. The molecule has 0 unspecified atom stereocenters. The molecule has 14 heavy (non-hydrogen) atoms. The topological polar surface area (TPSA) is 67.2 Å². The van der Waals surface area contributed by atoms with Gasteiger partial charge in [-0.05, 0) is 6.92 Å². The van der Waals surface area contributed by atoms with Crippen molar-refractivity contribution in [1.29, 1.82) is 0 Å². The van der Waals surface area contributed by atoms with Crippen LogP contribution < -0.4 is 10.6 Å². The Morgan fingerprint density at radius 2 is 2.57 bits per heavy atom. The second-order valence-corrected chi connectivity index (χ2v) is 3.50. The first-order valence-corrected chi connectivity index (χ1v) is 4.66. The molecule has 1 fully saturated rings. The van der Waals surface area contributed by atoms with Crippen molar-refractivity contribution in [3.05, 3.63) is 17.5 Å². The molecule has 0 saturated carbocycles. The number of carbonyl (C=O) groups is 1. The van der Waals surface area contributed by atoms with Crippen molar-refractivity contribution in [2.75, 3.05) is 13.1 Å². The lowest BCUT2D eigenvalue weighted by Crippen LogP contribution is -2.50. The molecule has 0 bridgehead atoms. The zero-order valence-corrected chi connectivity index (χ0v) is 8.04. The van der Waals surface area contributed by atoms with Crippen LogP contribution in [0.25, 0.3) is 0 Å². The predicted molar refractivity (Wildman–Crippen MR) is 49.4 cm³/mol. The fourth-order valence-corrected chi connectivity index (χ4v) is 1.30. The number of nitrogens with one attached hydrogen (secondary N) is 2. The summed E-state index contributed by atoms with van der Waals surface area (Å²) in [4.78, 5) is 11.4. The number of hydrogen-bond donors (Lipinski definition) is 2. The molecule has 1 saturated heterocycles. The van der Waals surface area contributed by atoms with Crippen LogP contribution in [0.15, 0.2) is 10.6 Å². The highest BCUT2D eigenvalue weighted by atomic mass is 16.5. The minimum atomic E-state index is 0.0874. The van der Waals surface area contributed by atoms with Crippen LogP contribution in [0.3, 0.4) is 0 Å². The summed E-state index contributed by atoms with van der Waals surface area (Å²) in [7, 11) is 0. The van der Waals surface area contributed by atoms with Gasteiger partial charge in [0.05, 0.1) is 12.5 Å². The van der Waals surface area contributed by atoms with Gasteiger partial charge in [-0.15, -0.1) is 0 Å². The van der Waals surface area contributed by atoms with Crippen molar-refractivity contribution < 1.29 is 9.32 Å². The van der Waals surface area contributed by atoms with Gasteiger partial charge in [-0.1, -0.05) is 5.16 Å². The Morgan fingerprint density at radius 1 is 1.79 bits per heavy atom. The Balaban J connectivity index is 1.79. The molecule has 2 N–H and O–H groups in total. The standard InChI is InChI=1S/C9H13N3O2/c1-6-2-8(12-14-6)5-11-9(13)7-3-10-4-7/h2,7,10H,3-5H2,1H3,(H,11,13). The molecule has 1 aromatic rings. The smallest absolute Gasteiger partial charge is 0.226 e. The molecule has 5 nitrogen and oxygen atoms in total. The third-order valence-electron chi connectivity index (χ3n) is 2.27. The van der Waals surface area contributed by atoms with Crippen LogP contribution in [0.1, 0.15) is 11.5 Å². The van der Waals surface area contributed by atoms with Crippen LogP contribution in [0.5, 0.6) is 0 Å². The van der Waals surface area contributed by atoms with Gasteiger partial charge in [-0.3, -0.25) is 4.79 Å². The summed E-state index contributed by atoms with van der Waals surface area (Å²) in [6, 6.07) is 1.82. The minimum Gasteiger partial charge on any atom is -0.361 e. The van der Waals surface area contributed by atoms with E-state index in [1.165, 1.54) is 0 Å². The van der Waals surface area contributed by atoms with E-state index in [4.69, 9.17) is 4.52 Å². The van der Waals surface area contributed by atoms with E-state index in [9.17, 15) is 4.79 Å². The molecule has 0 aliphatic carbocycles. The van der Waals surface area contributed by atoms with Crippen LogP contribution in [0.2, 0.25) is 0 Å². The maximum atomic E-state index is 11.4. The lowest BCUT2D eigenvalue weighted by atomic mass is 10.0. The van der Waals surface area contributed by atoms with E-state index in [-0.39, 0.29) is 11.8 Å². The predicted octanol–water partition coefficient (Wildman–Crippen LogP) is -0.181. The van der Waals surface area contributed by atoms with Crippen molar-refractivity contribution in [1.82, 2.24) is 15.8 Å². The van der Waals surface area contributed by atoms with Gasteiger partial charge in [-0.25, -0.2) is 0 Å². The Bertz CT molecular complexity index is 331. The highest BCUT2D eigenvalue weighted by Gasteiger charge is 2.24. The van der Waals surface area contributed by atoms with Gasteiger partial charge in [0.25, 0.3) is 0 Å². The Kier molecular flexibility index (Phi) is 2.49. The summed E-state index contributed by atoms with van der Waals surface area (Å²) in [5.74, 6) is 0.979. The highest BCUT2D eigenvalue weighted by Crippen LogP contribution is 2.04. The van der Waals surface area contributed by atoms with Gasteiger partial charge in [0.2, 0.25) is 5.91 Å². The number of hydrogen-bond acceptors (Lipinski definition) is 4. The summed E-state index contributed by atoms with van der Waals surface area (Å²) in [6.07, 6.45) is 0. The summed E-state index contributed by atoms with van der Waals surface area (Å²) in [5, 5.41) is 9.65. The molecule has 2 rings (SSSR count). The molecule has 1 aliphatic heterocycles. The molecule has 0 aromatic carbocycles. The molecule has 1 aromatic heterocycles. The summed E-state index contributed by atoms with van der Waals surface area (Å²) >= 11 is 0. The lowest BCUT2D eigenvalue weighted by Gasteiger charge is -2.25. The second kappa shape index (κ2) is 3.79. The lowest BCUT2D eigenvalue weighted by molar-refractivity contribution is -0.126. The third kappa shape index (κ3) is 1.93. The second-order valence-electron chi connectivity index (χ2n) is 3.50. The van der Waals surface area contributed by atoms with Crippen LogP contribution in [-0.4, -0.2) is 24.2 Å². The molecule has 2 heterocycles. The largest absolute Gasteiger partial charge is 0.361 e. The van der Waals surface area contributed by atoms with E-state index in [0.29, 0.717) is 6.54 Å². The quantitative estimate of drug-likeness (QED) is 0.702. The fourth-order valence-electron chi connectivity index (χ4n) is 1.30. The van der Waals surface area contributed by atoms with Gasteiger partial charge in [0.1, 0.15) is 11.5 Å². The Hall–Kier alpha value is -1.36. The van der Waals surface area contributed by atoms with Gasteiger partial charge >= 0.3 is 0 Å². The number of rotatable bonds is 3. The first-order valence-electron chi connectivity index (χ1n) is 4.66.